The van der Waals surface area contributed by atoms with Crippen molar-refractivity contribution in [3.8, 4) is 0 Å². The van der Waals surface area contributed by atoms with E-state index in [-0.39, 0.29) is 30.4 Å². The molecule has 8 heteroatoms. The minimum absolute atomic E-state index is 0.0527. The number of hydrogen-bond donors (Lipinski definition) is 2. The van der Waals surface area contributed by atoms with Gasteiger partial charge in [0.05, 0.1) is 18.7 Å². The maximum Gasteiger partial charge on any atom is 0.333 e. The summed E-state index contributed by atoms with van der Waals surface area (Å²) in [5.41, 5.74) is 2.04. The minimum atomic E-state index is -0.704. The molecule has 210 valence electrons. The highest BCUT2D eigenvalue weighted by Gasteiger charge is 2.39. The Morgan fingerprint density at radius 3 is 2.34 bits per heavy atom. The maximum atomic E-state index is 13.7. The molecule has 2 rings (SSSR count). The Bertz CT molecular complexity index is 1160. The minimum Gasteiger partial charge on any atom is -0.463 e. The van der Waals surface area contributed by atoms with Gasteiger partial charge in [0.1, 0.15) is 6.04 Å². The number of para-hydroxylation sites is 1. The average molecular weight is 527 g/mol. The highest BCUT2D eigenvalue weighted by atomic mass is 16.5. The molecule has 1 aromatic carbocycles. The second kappa shape index (κ2) is 13.1. The van der Waals surface area contributed by atoms with E-state index in [0.29, 0.717) is 12.0 Å². The molecule has 0 fully saturated rings. The largest absolute Gasteiger partial charge is 0.463 e. The van der Waals surface area contributed by atoms with Crippen LogP contribution in [0.15, 0.2) is 42.1 Å². The van der Waals surface area contributed by atoms with Gasteiger partial charge in [-0.25, -0.2) is 4.79 Å². The summed E-state index contributed by atoms with van der Waals surface area (Å²) < 4.78 is 7.18. The van der Waals surface area contributed by atoms with Gasteiger partial charge in [-0.3, -0.25) is 9.59 Å². The first-order valence-electron chi connectivity index (χ1n) is 13.5. The molecule has 0 aliphatic heterocycles. The molecule has 0 saturated heterocycles. The van der Waals surface area contributed by atoms with Gasteiger partial charge in [-0.15, -0.1) is 0 Å². The van der Waals surface area contributed by atoms with Gasteiger partial charge in [-0.1, -0.05) is 58.9 Å². The fourth-order valence-electron chi connectivity index (χ4n) is 5.14. The van der Waals surface area contributed by atoms with Gasteiger partial charge in [-0.2, -0.15) is 0 Å². The van der Waals surface area contributed by atoms with Crippen molar-refractivity contribution in [3.05, 3.63) is 47.7 Å². The van der Waals surface area contributed by atoms with E-state index in [0.717, 1.165) is 16.5 Å². The zero-order valence-corrected chi connectivity index (χ0v) is 24.7. The molecule has 8 nitrogen and oxygen atoms in total. The first-order chi connectivity index (χ1) is 17.8. The molecule has 0 unspecified atom stereocenters. The van der Waals surface area contributed by atoms with Gasteiger partial charge < -0.3 is 24.8 Å². The SMILES string of the molecule is CCOC(=O)C(C)=C[C@H](C(C)C)N(C)C(=O)[C@H](CC)NC(=O)[C@@H](NC)C(C)(C)c1cn(C)c2ccccc12. The maximum absolute atomic E-state index is 13.7. The Morgan fingerprint density at radius 1 is 1.16 bits per heavy atom. The van der Waals surface area contributed by atoms with Gasteiger partial charge in [0.15, 0.2) is 0 Å². The number of hydrogen-bond acceptors (Lipinski definition) is 5. The van der Waals surface area contributed by atoms with Crippen molar-refractivity contribution in [2.45, 2.75) is 78.4 Å². The summed E-state index contributed by atoms with van der Waals surface area (Å²) in [5.74, 6) is -0.785. The Kier molecular flexibility index (Phi) is 10.7. The Hall–Kier alpha value is -3.13. The van der Waals surface area contributed by atoms with E-state index in [1.165, 1.54) is 0 Å². The van der Waals surface area contributed by atoms with Crippen molar-refractivity contribution in [2.24, 2.45) is 13.0 Å². The van der Waals surface area contributed by atoms with E-state index in [1.807, 2.05) is 53.8 Å². The van der Waals surface area contributed by atoms with E-state index in [2.05, 4.69) is 33.5 Å². The lowest BCUT2D eigenvalue weighted by Crippen LogP contribution is -2.58. The normalized spacial score (nSPS) is 14.8. The number of esters is 1. The number of nitrogens with one attached hydrogen (secondary N) is 2. The molecule has 0 aliphatic carbocycles. The molecule has 2 aromatic rings. The number of carbonyl (C=O) groups is 3. The number of aryl methyl sites for hydroxylation is 1. The Morgan fingerprint density at radius 2 is 1.79 bits per heavy atom. The van der Waals surface area contributed by atoms with Crippen molar-refractivity contribution < 1.29 is 19.1 Å². The van der Waals surface area contributed by atoms with Crippen LogP contribution in [0.25, 0.3) is 10.9 Å². The first kappa shape index (κ1) is 31.1. The third-order valence-corrected chi connectivity index (χ3v) is 7.38. The van der Waals surface area contributed by atoms with E-state index < -0.39 is 23.5 Å². The molecule has 0 aliphatic rings. The zero-order valence-electron chi connectivity index (χ0n) is 24.7. The molecule has 1 heterocycles. The number of ether oxygens (including phenoxy) is 1. The number of nitrogens with zero attached hydrogens (tertiary/aromatic N) is 2. The lowest BCUT2D eigenvalue weighted by atomic mass is 9.77. The summed E-state index contributed by atoms with van der Waals surface area (Å²) in [7, 11) is 5.48. The lowest BCUT2D eigenvalue weighted by Gasteiger charge is -2.36. The zero-order chi connectivity index (χ0) is 28.8. The van der Waals surface area contributed by atoms with Crippen molar-refractivity contribution >= 4 is 28.7 Å². The predicted octanol–water partition coefficient (Wildman–Crippen LogP) is 3.93. The van der Waals surface area contributed by atoms with Gasteiger partial charge in [-0.05, 0) is 44.9 Å². The van der Waals surface area contributed by atoms with Crippen LogP contribution in [0.5, 0.6) is 0 Å². The fourth-order valence-corrected chi connectivity index (χ4v) is 5.14. The number of rotatable bonds is 12. The molecule has 2 amide bonds. The average Bonchev–Trinajstić information content (AvgIpc) is 3.22. The van der Waals surface area contributed by atoms with Crippen molar-refractivity contribution in [1.29, 1.82) is 0 Å². The molecule has 1 aromatic heterocycles. The fraction of sp³-hybridized carbons (Fsp3) is 0.567. The van der Waals surface area contributed by atoms with Crippen molar-refractivity contribution in [1.82, 2.24) is 20.1 Å². The van der Waals surface area contributed by atoms with Crippen molar-refractivity contribution in [3.63, 3.8) is 0 Å². The molecular formula is C30H46N4O4. The third kappa shape index (κ3) is 6.65. The summed E-state index contributed by atoms with van der Waals surface area (Å²) in [4.78, 5) is 41.0. The molecule has 0 bridgehead atoms. The topological polar surface area (TPSA) is 92.7 Å². The third-order valence-electron chi connectivity index (χ3n) is 7.38. The van der Waals surface area contributed by atoms with E-state index in [9.17, 15) is 14.4 Å². The number of amides is 2. The Labute approximate surface area is 227 Å². The smallest absolute Gasteiger partial charge is 0.333 e. The number of carbonyl (C=O) groups excluding carboxylic acids is 3. The van der Waals surface area contributed by atoms with Crippen LogP contribution >= 0.6 is 0 Å². The van der Waals surface area contributed by atoms with Crippen LogP contribution in [0.4, 0.5) is 0 Å². The molecule has 2 N–H and O–H groups in total. The second-order valence-corrected chi connectivity index (χ2v) is 10.8. The number of benzene rings is 1. The summed E-state index contributed by atoms with van der Waals surface area (Å²) in [6.07, 6.45) is 4.28. The van der Waals surface area contributed by atoms with Gasteiger partial charge in [0, 0.05) is 42.2 Å². The van der Waals surface area contributed by atoms with Gasteiger partial charge >= 0.3 is 5.97 Å². The van der Waals surface area contributed by atoms with Crippen LogP contribution in [-0.4, -0.2) is 66.1 Å². The second-order valence-electron chi connectivity index (χ2n) is 10.8. The highest BCUT2D eigenvalue weighted by molar-refractivity contribution is 5.93. The number of fused-ring (bicyclic) bond motifs is 1. The highest BCUT2D eigenvalue weighted by Crippen LogP contribution is 2.34. The number of aromatic nitrogens is 1. The first-order valence-corrected chi connectivity index (χ1v) is 13.5. The van der Waals surface area contributed by atoms with Crippen LogP contribution in [-0.2, 0) is 31.6 Å². The van der Waals surface area contributed by atoms with Gasteiger partial charge in [0.2, 0.25) is 11.8 Å². The van der Waals surface area contributed by atoms with Crippen LogP contribution < -0.4 is 10.6 Å². The van der Waals surface area contributed by atoms with E-state index in [1.54, 1.807) is 38.9 Å². The summed E-state index contributed by atoms with van der Waals surface area (Å²) >= 11 is 0. The van der Waals surface area contributed by atoms with Crippen LogP contribution in [0.3, 0.4) is 0 Å². The molecule has 3 atom stereocenters. The monoisotopic (exact) mass is 526 g/mol. The molecule has 0 saturated carbocycles. The number of likely N-dealkylation sites (N-methyl/N-ethyl adjacent to an activating group) is 2. The molecular weight excluding hydrogens is 480 g/mol. The van der Waals surface area contributed by atoms with E-state index >= 15 is 0 Å². The van der Waals surface area contributed by atoms with E-state index in [4.69, 9.17) is 4.74 Å². The van der Waals surface area contributed by atoms with Crippen molar-refractivity contribution in [2.75, 3.05) is 20.7 Å². The summed E-state index contributed by atoms with van der Waals surface area (Å²) in [6, 6.07) is 6.53. The quantitative estimate of drug-likeness (QED) is 0.323. The van der Waals surface area contributed by atoms with Crippen LogP contribution in [0.1, 0.15) is 60.5 Å². The Balaban J connectivity index is 2.30. The van der Waals surface area contributed by atoms with Gasteiger partial charge in [0.25, 0.3) is 0 Å². The van der Waals surface area contributed by atoms with Crippen LogP contribution in [0.2, 0.25) is 0 Å². The molecule has 0 radical (unpaired) electrons. The lowest BCUT2D eigenvalue weighted by molar-refractivity contribution is -0.139. The predicted molar refractivity (Wildman–Crippen MR) is 153 cm³/mol. The summed E-state index contributed by atoms with van der Waals surface area (Å²) in [5, 5.41) is 7.30. The summed E-state index contributed by atoms with van der Waals surface area (Å²) in [6.45, 7) is 13.7. The molecule has 0 spiro atoms. The van der Waals surface area contributed by atoms with Crippen LogP contribution in [0, 0.1) is 5.92 Å². The standard InChI is InChI=1S/C30H46N4O4/c1-11-23(28(36)34(10)25(19(3)4)17-20(5)29(37)38-12-2)32-27(35)26(31-8)30(6,7)22-18-33(9)24-16-14-13-15-21(22)24/h13-19,23,25-26,31H,11-12H2,1-10H3,(H,32,35)/t23-,25+,26+/m0/s1. The molecule has 38 heavy (non-hydrogen) atoms.